The van der Waals surface area contributed by atoms with Crippen molar-refractivity contribution in [1.29, 1.82) is 0 Å². The van der Waals surface area contributed by atoms with Gasteiger partial charge in [0, 0.05) is 0 Å². The van der Waals surface area contributed by atoms with Gasteiger partial charge in [0.2, 0.25) is 0 Å². The van der Waals surface area contributed by atoms with Crippen LogP contribution in [0.4, 0.5) is 4.39 Å². The van der Waals surface area contributed by atoms with Crippen molar-refractivity contribution < 1.29 is 33.3 Å². The summed E-state index contributed by atoms with van der Waals surface area (Å²) in [5.74, 6) is -1.56. The van der Waals surface area contributed by atoms with Crippen molar-refractivity contribution in [2.24, 2.45) is 4.99 Å². The van der Waals surface area contributed by atoms with Crippen LogP contribution in [0.2, 0.25) is 5.02 Å². The molecular formula is C32H26ClFN2O7S. The summed E-state index contributed by atoms with van der Waals surface area (Å²) in [5.41, 5.74) is 2.00. The van der Waals surface area contributed by atoms with Crippen LogP contribution in [0.3, 0.4) is 0 Å². The van der Waals surface area contributed by atoms with Crippen LogP contribution in [-0.4, -0.2) is 35.3 Å². The lowest BCUT2D eigenvalue weighted by Crippen LogP contribution is -2.39. The van der Waals surface area contributed by atoms with E-state index in [1.807, 2.05) is 0 Å². The van der Waals surface area contributed by atoms with Crippen LogP contribution in [0, 0.1) is 5.82 Å². The van der Waals surface area contributed by atoms with E-state index < -0.39 is 29.4 Å². The van der Waals surface area contributed by atoms with Gasteiger partial charge in [0.1, 0.15) is 12.4 Å². The molecule has 1 aromatic heterocycles. The van der Waals surface area contributed by atoms with Gasteiger partial charge >= 0.3 is 11.9 Å². The summed E-state index contributed by atoms with van der Waals surface area (Å²) in [6.45, 7) is 3.53. The maximum absolute atomic E-state index is 13.8. The van der Waals surface area contributed by atoms with Crippen LogP contribution >= 0.6 is 22.9 Å². The number of thiazole rings is 1. The highest BCUT2D eigenvalue weighted by molar-refractivity contribution is 7.07. The normalized spacial score (nSPS) is 14.6. The molecule has 1 aliphatic heterocycles. The van der Waals surface area contributed by atoms with Crippen LogP contribution in [0.25, 0.3) is 6.08 Å². The highest BCUT2D eigenvalue weighted by atomic mass is 35.5. The summed E-state index contributed by atoms with van der Waals surface area (Å²) in [7, 11) is 1.45. The number of fused-ring (bicyclic) bond motifs is 1. The average Bonchev–Trinajstić information content (AvgIpc) is 3.30. The first kappa shape index (κ1) is 30.7. The Hall–Kier alpha value is -4.74. The Kier molecular flexibility index (Phi) is 8.98. The van der Waals surface area contributed by atoms with Gasteiger partial charge in [0.15, 0.2) is 16.3 Å². The smallest absolute Gasteiger partial charge is 0.338 e. The maximum Gasteiger partial charge on any atom is 0.338 e. The SMILES string of the molecule is CCOC(=O)C1=C(C)N=c2s/c(=C/c3cc(Cl)c(OCc4cccc(C(=O)O)c4)c(OC)c3)c(=O)n2[C@@H]1c1ccc(F)cc1. The maximum atomic E-state index is 13.8. The van der Waals surface area contributed by atoms with Gasteiger partial charge in [-0.25, -0.2) is 19.0 Å². The van der Waals surface area contributed by atoms with E-state index in [1.54, 1.807) is 44.2 Å². The van der Waals surface area contributed by atoms with Gasteiger partial charge in [0.05, 0.1) is 46.1 Å². The molecule has 0 fully saturated rings. The van der Waals surface area contributed by atoms with Crippen molar-refractivity contribution in [2.45, 2.75) is 26.5 Å². The zero-order valence-corrected chi connectivity index (χ0v) is 25.4. The van der Waals surface area contributed by atoms with E-state index in [2.05, 4.69) is 4.99 Å². The molecule has 226 valence electrons. The number of esters is 1. The van der Waals surface area contributed by atoms with Crippen LogP contribution in [-0.2, 0) is 16.1 Å². The molecule has 1 atom stereocenters. The number of aromatic nitrogens is 1. The quantitative estimate of drug-likeness (QED) is 0.261. The van der Waals surface area contributed by atoms with Crippen molar-refractivity contribution in [2.75, 3.05) is 13.7 Å². The number of carboxylic acids is 1. The number of benzene rings is 3. The van der Waals surface area contributed by atoms with E-state index in [1.165, 1.54) is 48.1 Å². The Morgan fingerprint density at radius 1 is 1.16 bits per heavy atom. The number of nitrogens with zero attached hydrogens (tertiary/aromatic N) is 2. The molecule has 0 aliphatic carbocycles. The third-order valence-electron chi connectivity index (χ3n) is 6.81. The van der Waals surface area contributed by atoms with Gasteiger partial charge in [-0.05, 0) is 73.0 Å². The molecule has 0 unspecified atom stereocenters. The number of hydrogen-bond acceptors (Lipinski definition) is 8. The topological polar surface area (TPSA) is 116 Å². The molecule has 9 nitrogen and oxygen atoms in total. The lowest BCUT2D eigenvalue weighted by Gasteiger charge is -2.24. The standard InChI is InChI=1S/C32H26ClFN2O7S/c1-4-42-31(40)26-17(2)35-32-36(27(26)20-8-10-22(34)11-9-20)29(37)25(44-32)15-19-13-23(33)28(24(14-19)41-3)43-16-18-6-5-7-21(12-18)30(38)39/h5-15,27H,4,16H2,1-3H3,(H,38,39)/b25-15+/t27-/m1/s1. The molecule has 0 amide bonds. The van der Waals surface area contributed by atoms with Crippen LogP contribution in [0.15, 0.2) is 81.7 Å². The van der Waals surface area contributed by atoms with Crippen molar-refractivity contribution in [1.82, 2.24) is 4.57 Å². The molecule has 44 heavy (non-hydrogen) atoms. The first-order valence-electron chi connectivity index (χ1n) is 13.4. The number of carboxylic acid groups (broad SMARTS) is 1. The lowest BCUT2D eigenvalue weighted by molar-refractivity contribution is -0.139. The van der Waals surface area contributed by atoms with Crippen molar-refractivity contribution in [3.63, 3.8) is 0 Å². The molecule has 0 saturated heterocycles. The summed E-state index contributed by atoms with van der Waals surface area (Å²) in [6.07, 6.45) is 1.63. The molecule has 0 radical (unpaired) electrons. The number of hydrogen-bond donors (Lipinski definition) is 1. The molecule has 3 aromatic carbocycles. The monoisotopic (exact) mass is 636 g/mol. The second kappa shape index (κ2) is 12.9. The van der Waals surface area contributed by atoms with E-state index in [9.17, 15) is 23.9 Å². The van der Waals surface area contributed by atoms with Crippen molar-refractivity contribution in [3.8, 4) is 11.5 Å². The van der Waals surface area contributed by atoms with E-state index in [0.717, 1.165) is 11.3 Å². The Labute approximate surface area is 259 Å². The van der Waals surface area contributed by atoms with Gasteiger partial charge in [-0.15, -0.1) is 0 Å². The average molecular weight is 637 g/mol. The zero-order valence-electron chi connectivity index (χ0n) is 23.8. The number of allylic oxidation sites excluding steroid dienone is 1. The highest BCUT2D eigenvalue weighted by Gasteiger charge is 2.33. The number of aromatic carboxylic acids is 1. The first-order chi connectivity index (χ1) is 21.1. The van der Waals surface area contributed by atoms with Gasteiger partial charge < -0.3 is 19.3 Å². The van der Waals surface area contributed by atoms with Gasteiger partial charge in [-0.3, -0.25) is 9.36 Å². The van der Waals surface area contributed by atoms with Crippen LogP contribution in [0.5, 0.6) is 11.5 Å². The number of halogens is 2. The summed E-state index contributed by atoms with van der Waals surface area (Å²) in [6, 6.07) is 14.3. The second-order valence-corrected chi connectivity index (χ2v) is 11.1. The van der Waals surface area contributed by atoms with Gasteiger partial charge in [-0.2, -0.15) is 0 Å². The molecule has 4 aromatic rings. The number of rotatable bonds is 9. The van der Waals surface area contributed by atoms with E-state index in [0.29, 0.717) is 37.5 Å². The van der Waals surface area contributed by atoms with Crippen LogP contribution in [0.1, 0.15) is 46.9 Å². The summed E-state index contributed by atoms with van der Waals surface area (Å²) in [5, 5.41) is 9.46. The number of carbonyl (C=O) groups is 2. The van der Waals surface area contributed by atoms with Gasteiger partial charge in [0.25, 0.3) is 5.56 Å². The van der Waals surface area contributed by atoms with Crippen molar-refractivity contribution in [3.05, 3.63) is 125 Å². The molecule has 1 N–H and O–H groups in total. The third kappa shape index (κ3) is 6.15. The third-order valence-corrected chi connectivity index (χ3v) is 8.07. The van der Waals surface area contributed by atoms with Crippen LogP contribution < -0.4 is 24.4 Å². The second-order valence-electron chi connectivity index (χ2n) is 9.68. The Morgan fingerprint density at radius 3 is 2.59 bits per heavy atom. The predicted molar refractivity (Wildman–Crippen MR) is 163 cm³/mol. The zero-order chi connectivity index (χ0) is 31.5. The minimum absolute atomic E-state index is 0.0423. The van der Waals surface area contributed by atoms with E-state index in [4.69, 9.17) is 25.8 Å². The first-order valence-corrected chi connectivity index (χ1v) is 14.6. The fraction of sp³-hybridized carbons (Fsp3) is 0.188. The molecule has 0 bridgehead atoms. The van der Waals surface area contributed by atoms with E-state index >= 15 is 0 Å². The minimum Gasteiger partial charge on any atom is -0.493 e. The Balaban J connectivity index is 1.55. The fourth-order valence-electron chi connectivity index (χ4n) is 4.82. The molecule has 12 heteroatoms. The summed E-state index contributed by atoms with van der Waals surface area (Å²) < 4.78 is 32.2. The molecule has 2 heterocycles. The summed E-state index contributed by atoms with van der Waals surface area (Å²) in [4.78, 5) is 43.1. The van der Waals surface area contributed by atoms with Gasteiger partial charge in [-0.1, -0.05) is 47.2 Å². The molecule has 1 aliphatic rings. The highest BCUT2D eigenvalue weighted by Crippen LogP contribution is 2.37. The number of carbonyl (C=O) groups excluding carboxylic acids is 1. The molecular weight excluding hydrogens is 611 g/mol. The van der Waals surface area contributed by atoms with E-state index in [-0.39, 0.29) is 35.1 Å². The minimum atomic E-state index is -1.05. The fourth-order valence-corrected chi connectivity index (χ4v) is 6.14. The lowest BCUT2D eigenvalue weighted by atomic mass is 9.96. The summed E-state index contributed by atoms with van der Waals surface area (Å²) >= 11 is 7.71. The molecule has 5 rings (SSSR count). The molecule has 0 spiro atoms. The molecule has 0 saturated carbocycles. The number of methoxy groups -OCH3 is 1. The van der Waals surface area contributed by atoms with Crippen molar-refractivity contribution >= 4 is 41.0 Å². The predicted octanol–water partition coefficient (Wildman–Crippen LogP) is 4.88. The number of ether oxygens (including phenoxy) is 3. The Morgan fingerprint density at radius 2 is 1.91 bits per heavy atom. The Bertz CT molecular complexity index is 1980. The largest absolute Gasteiger partial charge is 0.493 e.